The molecule has 0 aromatic rings. The van der Waals surface area contributed by atoms with Gasteiger partial charge in [0.2, 0.25) is 5.79 Å². The summed E-state index contributed by atoms with van der Waals surface area (Å²) in [6.45, 7) is 12.4. The Bertz CT molecular complexity index is 1880. The molecule has 68 heavy (non-hydrogen) atoms. The first-order valence-corrected chi connectivity index (χ1v) is 24.6. The third kappa shape index (κ3) is 15.0. The highest BCUT2D eigenvalue weighted by Gasteiger charge is 2.53. The van der Waals surface area contributed by atoms with Gasteiger partial charge in [-0.05, 0) is 108 Å². The van der Waals surface area contributed by atoms with Gasteiger partial charge in [-0.1, -0.05) is 76.6 Å². The number of aliphatic hydroxyl groups is 3. The smallest absolute Gasteiger partial charge is 0.407 e. The number of nitrogens with one attached hydrogen (secondary N) is 1. The van der Waals surface area contributed by atoms with Crippen molar-refractivity contribution in [3.63, 3.8) is 0 Å². The highest BCUT2D eigenvalue weighted by Crippen LogP contribution is 2.37. The van der Waals surface area contributed by atoms with E-state index in [1.165, 1.54) is 14.2 Å². The first kappa shape index (κ1) is 56.5. The number of allylic oxidation sites excluding steroid dienone is 6. The summed E-state index contributed by atoms with van der Waals surface area (Å²) in [6.07, 6.45) is 9.68. The lowest BCUT2D eigenvalue weighted by molar-refractivity contribution is -0.264. The number of nitrogens with zero attached hydrogens (tertiary/aromatic N) is 1. The number of carbonyl (C=O) groups excluding carboxylic acids is 6. The van der Waals surface area contributed by atoms with Gasteiger partial charge in [0.1, 0.15) is 18.2 Å². The third-order valence-electron chi connectivity index (χ3n) is 14.7. The topological polar surface area (TPSA) is 225 Å². The fourth-order valence-electron chi connectivity index (χ4n) is 10.3. The highest BCUT2D eigenvalue weighted by molar-refractivity contribution is 6.39. The minimum absolute atomic E-state index is 0.0317. The van der Waals surface area contributed by atoms with E-state index in [4.69, 9.17) is 23.7 Å². The van der Waals surface area contributed by atoms with Gasteiger partial charge in [-0.2, -0.15) is 0 Å². The first-order valence-electron chi connectivity index (χ1n) is 24.6. The van der Waals surface area contributed by atoms with Crippen molar-refractivity contribution < 1.29 is 67.8 Å². The highest BCUT2D eigenvalue weighted by atomic mass is 16.6. The van der Waals surface area contributed by atoms with Gasteiger partial charge in [0, 0.05) is 44.9 Å². The Kier molecular flexibility index (Phi) is 21.8. The van der Waals surface area contributed by atoms with Crippen LogP contribution in [0.3, 0.4) is 0 Å². The van der Waals surface area contributed by atoms with Crippen LogP contribution >= 0.6 is 0 Å². The number of hydrogen-bond donors (Lipinski definition) is 4. The number of ketones is 3. The number of ether oxygens (including phenoxy) is 5. The van der Waals surface area contributed by atoms with Crippen LogP contribution in [0.2, 0.25) is 0 Å². The number of aliphatic hydroxyl groups excluding tert-OH is 2. The van der Waals surface area contributed by atoms with Crippen LogP contribution in [0.4, 0.5) is 4.79 Å². The number of fused-ring (bicyclic) bond motifs is 3. The number of hydrogen-bond acceptors (Lipinski definition) is 14. The maximum absolute atomic E-state index is 14.4. The summed E-state index contributed by atoms with van der Waals surface area (Å²) >= 11 is 0. The van der Waals surface area contributed by atoms with E-state index in [0.717, 1.165) is 4.90 Å². The molecule has 2 saturated heterocycles. The van der Waals surface area contributed by atoms with Crippen LogP contribution in [0.25, 0.3) is 0 Å². The summed E-state index contributed by atoms with van der Waals surface area (Å²) in [6, 6.07) is -1.83. The summed E-state index contributed by atoms with van der Waals surface area (Å²) in [5.41, 5.74) is 1.01. The number of esters is 1. The molecule has 15 atom stereocenters. The molecule has 1 aliphatic carbocycles. The van der Waals surface area contributed by atoms with E-state index in [1.807, 2.05) is 39.0 Å². The lowest BCUT2D eigenvalue weighted by Crippen LogP contribution is -2.61. The van der Waals surface area contributed by atoms with Gasteiger partial charge in [0.15, 0.2) is 11.6 Å². The molecule has 3 aliphatic heterocycles. The third-order valence-corrected chi connectivity index (χ3v) is 14.7. The second kappa shape index (κ2) is 26.2. The van der Waals surface area contributed by atoms with Gasteiger partial charge in [-0.25, -0.2) is 9.59 Å². The van der Waals surface area contributed by atoms with Crippen LogP contribution in [0.5, 0.6) is 0 Å². The summed E-state index contributed by atoms with van der Waals surface area (Å²) < 4.78 is 28.4. The largest absolute Gasteiger partial charge is 0.460 e. The number of cyclic esters (lactones) is 1. The zero-order valence-corrected chi connectivity index (χ0v) is 42.0. The van der Waals surface area contributed by atoms with Gasteiger partial charge in [0.05, 0.1) is 37.6 Å². The summed E-state index contributed by atoms with van der Waals surface area (Å²) in [4.78, 5) is 84.5. The molecule has 3 fully saturated rings. The Morgan fingerprint density at radius 2 is 1.63 bits per heavy atom. The SMILES string of the molecule is COC(=O)N[C@H]1C[C@@H]2CC[C@@H](C)[C@@](O)(O2)C(=O)C(=O)N2CCCC[C@H]2C(=O)O[C@H]([C@H](C)C[C@@H]2CC[C@@H](O)[C@H](OC)C2)CC(=O)C(C)=CC(C)[C@@H](O)[C@@H](OC)C(=O)[C@H](C)C[C@H](C)C=CC=CC=C1C. The summed E-state index contributed by atoms with van der Waals surface area (Å²) in [5.74, 6) is -8.48. The molecule has 0 aromatic carbocycles. The van der Waals surface area contributed by atoms with Crippen LogP contribution in [-0.2, 0) is 47.7 Å². The monoisotopic (exact) mass is 957 g/mol. The molecular formula is C52H80N2O14. The molecule has 16 heteroatoms. The number of alkyl carbamates (subject to hydrolysis) is 1. The van der Waals surface area contributed by atoms with Crippen molar-refractivity contribution in [3.8, 4) is 0 Å². The van der Waals surface area contributed by atoms with Gasteiger partial charge >= 0.3 is 12.1 Å². The minimum Gasteiger partial charge on any atom is -0.460 e. The van der Waals surface area contributed by atoms with Crippen molar-refractivity contribution in [2.24, 2.45) is 35.5 Å². The zero-order chi connectivity index (χ0) is 50.5. The Morgan fingerprint density at radius 3 is 2.31 bits per heavy atom. The molecule has 1 saturated carbocycles. The van der Waals surface area contributed by atoms with Crippen molar-refractivity contribution in [1.82, 2.24) is 10.2 Å². The van der Waals surface area contributed by atoms with E-state index in [-0.39, 0.29) is 61.2 Å². The van der Waals surface area contributed by atoms with Crippen LogP contribution in [0.15, 0.2) is 47.6 Å². The predicted octanol–water partition coefficient (Wildman–Crippen LogP) is 5.89. The van der Waals surface area contributed by atoms with Crippen LogP contribution in [-0.4, -0.2) is 138 Å². The number of Topliss-reactive ketones (excluding diaryl/α,β-unsaturated/α-hetero) is 3. The molecule has 2 bridgehead atoms. The first-order chi connectivity index (χ1) is 32.1. The van der Waals surface area contributed by atoms with E-state index in [9.17, 15) is 44.1 Å². The van der Waals surface area contributed by atoms with E-state index in [2.05, 4.69) is 5.32 Å². The summed E-state index contributed by atoms with van der Waals surface area (Å²) in [5, 5.41) is 36.8. The van der Waals surface area contributed by atoms with E-state index < -0.39 is 89.9 Å². The lowest BCUT2D eigenvalue weighted by Gasteiger charge is -2.43. The number of carbonyl (C=O) groups is 6. The Hall–Kier alpha value is -4.06. The molecule has 4 aliphatic rings. The number of methoxy groups -OCH3 is 3. The van der Waals surface area contributed by atoms with Gasteiger partial charge in [-0.3, -0.25) is 19.2 Å². The van der Waals surface area contributed by atoms with Crippen LogP contribution in [0.1, 0.15) is 126 Å². The molecule has 1 unspecified atom stereocenters. The maximum atomic E-state index is 14.4. The van der Waals surface area contributed by atoms with Crippen LogP contribution < -0.4 is 5.32 Å². The van der Waals surface area contributed by atoms with Crippen molar-refractivity contribution >= 4 is 35.3 Å². The Morgan fingerprint density at radius 1 is 0.912 bits per heavy atom. The van der Waals surface area contributed by atoms with Crippen LogP contribution in [0, 0.1) is 35.5 Å². The molecule has 2 amide bonds. The van der Waals surface area contributed by atoms with Crippen molar-refractivity contribution in [1.29, 1.82) is 0 Å². The fourth-order valence-corrected chi connectivity index (χ4v) is 10.3. The van der Waals surface area contributed by atoms with Gasteiger partial charge in [-0.15, -0.1) is 0 Å². The number of rotatable bonds is 6. The standard InChI is InChI=1S/C52H80N2O14/c1-30-16-12-11-13-17-31(2)39(53-51(62)66-10)28-38-21-19-36(7)52(63,68-38)48(59)49(60)54-23-15-14-18-40(54)50(61)67-43(33(4)26-37-20-22-41(55)44(27-37)64-8)29-42(56)32(3)25-35(6)46(58)47(65-9)45(57)34(5)24-30/h11-13,16-17,25,30,33-41,43-44,46-47,55,58,63H,14-15,18-24,26-29H2,1-10H3,(H,53,62)/t30-,33-,34-,35?,36-,37+,38+,39+,40+,41-,43+,44-,46-,47+,52-/m1/s1. The molecule has 16 nitrogen and oxygen atoms in total. The van der Waals surface area contributed by atoms with E-state index >= 15 is 0 Å². The van der Waals surface area contributed by atoms with Crippen molar-refractivity contribution in [2.75, 3.05) is 27.9 Å². The second-order valence-electron chi connectivity index (χ2n) is 20.1. The predicted molar refractivity (Wildman–Crippen MR) is 254 cm³/mol. The zero-order valence-electron chi connectivity index (χ0n) is 42.0. The average Bonchev–Trinajstić information content (AvgIpc) is 3.31. The lowest BCUT2D eigenvalue weighted by atomic mass is 9.78. The van der Waals surface area contributed by atoms with Gasteiger partial charge in [0.25, 0.3) is 11.7 Å². The van der Waals surface area contributed by atoms with E-state index in [0.29, 0.717) is 68.9 Å². The molecule has 3 heterocycles. The second-order valence-corrected chi connectivity index (χ2v) is 20.1. The summed E-state index contributed by atoms with van der Waals surface area (Å²) in [7, 11) is 4.16. The average molecular weight is 957 g/mol. The molecule has 0 radical (unpaired) electrons. The Balaban J connectivity index is 1.73. The fraction of sp³-hybridized carbons (Fsp3) is 0.731. The van der Waals surface area contributed by atoms with Crippen molar-refractivity contribution in [2.45, 2.75) is 180 Å². The van der Waals surface area contributed by atoms with Crippen molar-refractivity contribution in [3.05, 3.63) is 47.6 Å². The van der Waals surface area contributed by atoms with E-state index in [1.54, 1.807) is 53.0 Å². The number of amides is 2. The normalized spacial score (nSPS) is 36.5. The molecular weight excluding hydrogens is 877 g/mol. The maximum Gasteiger partial charge on any atom is 0.407 e. The Labute approximate surface area is 403 Å². The minimum atomic E-state index is -2.53. The quantitative estimate of drug-likeness (QED) is 0.180. The number of piperidine rings is 1. The molecule has 382 valence electrons. The molecule has 0 spiro atoms. The molecule has 4 rings (SSSR count). The van der Waals surface area contributed by atoms with Gasteiger partial charge < -0.3 is 49.2 Å². The molecule has 0 aromatic heterocycles. The molecule has 4 N–H and O–H groups in total.